The number of nitrogens with zero attached hydrogens (tertiary/aromatic N) is 2. The number of likely N-dealkylation sites (tertiary alicyclic amines) is 1. The highest BCUT2D eigenvalue weighted by atomic mass is 35.5. The Morgan fingerprint density at radius 3 is 2.62 bits per heavy atom. The summed E-state index contributed by atoms with van der Waals surface area (Å²) in [7, 11) is 0. The van der Waals surface area contributed by atoms with Gasteiger partial charge in [0.05, 0.1) is 11.6 Å². The SMILES string of the molecule is C=C(NC(=O)C1=C(C)CCCC1)N1CCC2(CCc3cc(C#N)cc(Cl)c32)CC1. The van der Waals surface area contributed by atoms with Crippen LogP contribution in [0.1, 0.15) is 68.6 Å². The number of halogens is 1. The lowest BCUT2D eigenvalue weighted by Crippen LogP contribution is -2.44. The van der Waals surface area contributed by atoms with E-state index in [0.717, 1.165) is 68.6 Å². The van der Waals surface area contributed by atoms with Gasteiger partial charge in [-0.25, -0.2) is 0 Å². The normalized spacial score (nSPS) is 20.4. The number of amides is 1. The molecule has 1 N–H and O–H groups in total. The third-order valence-corrected chi connectivity index (χ3v) is 7.38. The molecule has 2 aliphatic carbocycles. The summed E-state index contributed by atoms with van der Waals surface area (Å²) in [4.78, 5) is 14.9. The molecule has 1 heterocycles. The Balaban J connectivity index is 1.43. The van der Waals surface area contributed by atoms with Crippen LogP contribution in [0, 0.1) is 11.3 Å². The molecule has 1 amide bonds. The van der Waals surface area contributed by atoms with Gasteiger partial charge in [-0.1, -0.05) is 23.8 Å². The molecule has 152 valence electrons. The van der Waals surface area contributed by atoms with Crippen molar-refractivity contribution < 1.29 is 4.79 Å². The van der Waals surface area contributed by atoms with Gasteiger partial charge in [0.25, 0.3) is 5.91 Å². The van der Waals surface area contributed by atoms with Gasteiger partial charge in [-0.3, -0.25) is 4.79 Å². The molecule has 3 aliphatic rings. The molecule has 1 saturated heterocycles. The molecule has 1 aromatic carbocycles. The summed E-state index contributed by atoms with van der Waals surface area (Å²) >= 11 is 6.60. The van der Waals surface area contributed by atoms with Crippen LogP contribution in [-0.2, 0) is 16.6 Å². The van der Waals surface area contributed by atoms with E-state index in [0.29, 0.717) is 11.4 Å². The maximum absolute atomic E-state index is 12.7. The van der Waals surface area contributed by atoms with E-state index in [1.165, 1.54) is 23.1 Å². The first-order chi connectivity index (χ1) is 13.9. The maximum atomic E-state index is 12.7. The van der Waals surface area contributed by atoms with E-state index in [1.54, 1.807) is 6.07 Å². The minimum Gasteiger partial charge on any atom is -0.359 e. The number of allylic oxidation sites excluding steroid dienone is 1. The Labute approximate surface area is 178 Å². The number of aryl methyl sites for hydroxylation is 1. The lowest BCUT2D eigenvalue weighted by atomic mass is 9.73. The average Bonchev–Trinajstić information content (AvgIpc) is 3.07. The Bertz CT molecular complexity index is 932. The number of hydrogen-bond donors (Lipinski definition) is 1. The number of carbonyl (C=O) groups excluding carboxylic acids is 1. The van der Waals surface area contributed by atoms with E-state index >= 15 is 0 Å². The molecule has 0 radical (unpaired) electrons. The van der Waals surface area contributed by atoms with Crippen LogP contribution in [-0.4, -0.2) is 23.9 Å². The van der Waals surface area contributed by atoms with Gasteiger partial charge < -0.3 is 10.2 Å². The van der Waals surface area contributed by atoms with Crippen LogP contribution in [0.4, 0.5) is 0 Å². The summed E-state index contributed by atoms with van der Waals surface area (Å²) in [5.41, 5.74) is 5.36. The fourth-order valence-corrected chi connectivity index (χ4v) is 5.81. The predicted molar refractivity (Wildman–Crippen MR) is 115 cm³/mol. The Hall–Kier alpha value is -2.25. The number of nitrogens with one attached hydrogen (secondary N) is 1. The second-order valence-electron chi connectivity index (χ2n) is 8.74. The van der Waals surface area contributed by atoms with Crippen molar-refractivity contribution in [3.8, 4) is 6.07 Å². The summed E-state index contributed by atoms with van der Waals surface area (Å²) in [6.07, 6.45) is 8.20. The molecule has 29 heavy (non-hydrogen) atoms. The van der Waals surface area contributed by atoms with Crippen molar-refractivity contribution >= 4 is 17.5 Å². The Morgan fingerprint density at radius 2 is 1.93 bits per heavy atom. The number of carbonyl (C=O) groups is 1. The van der Waals surface area contributed by atoms with Crippen LogP contribution >= 0.6 is 11.6 Å². The topological polar surface area (TPSA) is 56.1 Å². The van der Waals surface area contributed by atoms with Crippen molar-refractivity contribution in [2.45, 2.75) is 63.7 Å². The summed E-state index contributed by atoms with van der Waals surface area (Å²) in [5.74, 6) is 0.727. The van der Waals surface area contributed by atoms with Crippen LogP contribution < -0.4 is 5.32 Å². The average molecular weight is 410 g/mol. The lowest BCUT2D eigenvalue weighted by Gasteiger charge is -2.42. The molecule has 0 aromatic heterocycles. The molecule has 1 aliphatic heterocycles. The largest absolute Gasteiger partial charge is 0.359 e. The highest BCUT2D eigenvalue weighted by Crippen LogP contribution is 2.49. The van der Waals surface area contributed by atoms with Gasteiger partial charge in [0.15, 0.2) is 0 Å². The van der Waals surface area contributed by atoms with Gasteiger partial charge in [-0.15, -0.1) is 0 Å². The molecule has 1 spiro atoms. The van der Waals surface area contributed by atoms with E-state index < -0.39 is 0 Å². The number of fused-ring (bicyclic) bond motifs is 2. The first-order valence-electron chi connectivity index (χ1n) is 10.6. The van der Waals surface area contributed by atoms with Crippen molar-refractivity contribution in [2.24, 2.45) is 0 Å². The zero-order valence-corrected chi connectivity index (χ0v) is 17.9. The quantitative estimate of drug-likeness (QED) is 0.766. The number of rotatable bonds is 3. The van der Waals surface area contributed by atoms with E-state index in [2.05, 4.69) is 29.8 Å². The van der Waals surface area contributed by atoms with Crippen molar-refractivity contribution in [3.05, 3.63) is 57.4 Å². The summed E-state index contributed by atoms with van der Waals surface area (Å²) in [6, 6.07) is 6.02. The number of piperidine rings is 1. The maximum Gasteiger partial charge on any atom is 0.252 e. The molecule has 0 unspecified atom stereocenters. The molecule has 4 rings (SSSR count). The molecule has 4 nitrogen and oxygen atoms in total. The summed E-state index contributed by atoms with van der Waals surface area (Å²) < 4.78 is 0. The molecule has 1 fully saturated rings. The van der Waals surface area contributed by atoms with Gasteiger partial charge in [0, 0.05) is 29.1 Å². The molecule has 0 bridgehead atoms. The molecular weight excluding hydrogens is 382 g/mol. The molecule has 5 heteroatoms. The third-order valence-electron chi connectivity index (χ3n) is 7.08. The van der Waals surface area contributed by atoms with Crippen molar-refractivity contribution in [1.29, 1.82) is 5.26 Å². The standard InChI is InChI=1S/C24H28ClN3O/c1-16-5-3-4-6-20(16)23(29)27-17(2)28-11-9-24(10-12-28)8-7-19-13-18(15-26)14-21(25)22(19)24/h13-14H,2-12H2,1H3,(H,27,29). The zero-order valence-electron chi connectivity index (χ0n) is 17.1. The second kappa shape index (κ2) is 7.88. The van der Waals surface area contributed by atoms with Crippen LogP contribution in [0.2, 0.25) is 5.02 Å². The van der Waals surface area contributed by atoms with Gasteiger partial charge in [0.1, 0.15) is 5.82 Å². The van der Waals surface area contributed by atoms with Crippen LogP contribution in [0.15, 0.2) is 35.7 Å². The van der Waals surface area contributed by atoms with Gasteiger partial charge in [-0.2, -0.15) is 5.26 Å². The van der Waals surface area contributed by atoms with Crippen molar-refractivity contribution in [3.63, 3.8) is 0 Å². The minimum atomic E-state index is 0.0192. The first-order valence-corrected chi connectivity index (χ1v) is 11.0. The number of benzene rings is 1. The van der Waals surface area contributed by atoms with E-state index in [4.69, 9.17) is 11.6 Å². The van der Waals surface area contributed by atoms with Crippen molar-refractivity contribution in [2.75, 3.05) is 13.1 Å². The molecule has 1 aromatic rings. The molecular formula is C24H28ClN3O. The fourth-order valence-electron chi connectivity index (χ4n) is 5.37. The van der Waals surface area contributed by atoms with Gasteiger partial charge >= 0.3 is 0 Å². The Morgan fingerprint density at radius 1 is 1.21 bits per heavy atom. The van der Waals surface area contributed by atoms with Gasteiger partial charge in [0.2, 0.25) is 0 Å². The van der Waals surface area contributed by atoms with E-state index in [1.807, 2.05) is 6.07 Å². The second-order valence-corrected chi connectivity index (χ2v) is 9.15. The van der Waals surface area contributed by atoms with E-state index in [-0.39, 0.29) is 11.3 Å². The number of hydrogen-bond acceptors (Lipinski definition) is 3. The minimum absolute atomic E-state index is 0.0192. The highest BCUT2D eigenvalue weighted by molar-refractivity contribution is 6.31. The van der Waals surface area contributed by atoms with Crippen LogP contribution in [0.3, 0.4) is 0 Å². The molecule has 0 saturated carbocycles. The summed E-state index contributed by atoms with van der Waals surface area (Å²) in [5, 5.41) is 13.0. The van der Waals surface area contributed by atoms with Crippen LogP contribution in [0.5, 0.6) is 0 Å². The lowest BCUT2D eigenvalue weighted by molar-refractivity contribution is -0.117. The smallest absolute Gasteiger partial charge is 0.252 e. The Kier molecular flexibility index (Phi) is 5.44. The van der Waals surface area contributed by atoms with Crippen molar-refractivity contribution in [1.82, 2.24) is 10.2 Å². The monoisotopic (exact) mass is 409 g/mol. The third kappa shape index (κ3) is 3.69. The number of nitriles is 1. The van der Waals surface area contributed by atoms with Crippen LogP contribution in [0.25, 0.3) is 0 Å². The summed E-state index contributed by atoms with van der Waals surface area (Å²) in [6.45, 7) is 7.93. The zero-order chi connectivity index (χ0) is 20.6. The fraction of sp³-hybridized carbons (Fsp3) is 0.500. The first kappa shape index (κ1) is 20.0. The van der Waals surface area contributed by atoms with Gasteiger partial charge in [-0.05, 0) is 81.5 Å². The molecule has 0 atom stereocenters. The predicted octanol–water partition coefficient (Wildman–Crippen LogP) is 4.97. The van der Waals surface area contributed by atoms with E-state index in [9.17, 15) is 10.1 Å². The highest BCUT2D eigenvalue weighted by Gasteiger charge is 2.43.